The lowest BCUT2D eigenvalue weighted by molar-refractivity contribution is -0.136. The summed E-state index contributed by atoms with van der Waals surface area (Å²) in [6.07, 6.45) is 1.34. The Morgan fingerprint density at radius 2 is 1.67 bits per heavy atom. The van der Waals surface area contributed by atoms with E-state index in [0.717, 1.165) is 0 Å². The average Bonchev–Trinajstić information content (AvgIpc) is 2.67. The molecule has 0 unspecified atom stereocenters. The summed E-state index contributed by atoms with van der Waals surface area (Å²) in [6.45, 7) is 0. The SMILES string of the molecule is COc1ccc(OC)c(/C=N\NC(=O)C(=O)Nc2cc(Cl)ccc2OC)c1. The number of nitrogens with zero attached hydrogens (tertiary/aromatic N) is 1. The summed E-state index contributed by atoms with van der Waals surface area (Å²) < 4.78 is 15.4. The lowest BCUT2D eigenvalue weighted by atomic mass is 10.2. The number of methoxy groups -OCH3 is 3. The molecule has 0 aliphatic rings. The zero-order valence-electron chi connectivity index (χ0n) is 14.9. The van der Waals surface area contributed by atoms with Crippen LogP contribution in [0.3, 0.4) is 0 Å². The second-order valence-electron chi connectivity index (χ2n) is 5.11. The summed E-state index contributed by atoms with van der Waals surface area (Å²) in [5.41, 5.74) is 2.97. The maximum Gasteiger partial charge on any atom is 0.329 e. The van der Waals surface area contributed by atoms with Crippen LogP contribution in [-0.2, 0) is 9.59 Å². The van der Waals surface area contributed by atoms with E-state index in [0.29, 0.717) is 27.8 Å². The fraction of sp³-hybridized carbons (Fsp3) is 0.167. The quantitative estimate of drug-likeness (QED) is 0.447. The molecule has 2 rings (SSSR count). The molecule has 0 aliphatic heterocycles. The van der Waals surface area contributed by atoms with E-state index in [2.05, 4.69) is 15.8 Å². The molecule has 0 aliphatic carbocycles. The third-order valence-corrected chi connectivity index (χ3v) is 3.66. The minimum Gasteiger partial charge on any atom is -0.497 e. The molecule has 8 nitrogen and oxygen atoms in total. The van der Waals surface area contributed by atoms with Crippen molar-refractivity contribution >= 4 is 35.3 Å². The minimum atomic E-state index is -0.963. The smallest absolute Gasteiger partial charge is 0.329 e. The highest BCUT2D eigenvalue weighted by molar-refractivity contribution is 6.40. The molecule has 0 heterocycles. The molecule has 0 atom stereocenters. The molecule has 0 fully saturated rings. The fourth-order valence-electron chi connectivity index (χ4n) is 2.11. The van der Waals surface area contributed by atoms with E-state index in [9.17, 15) is 9.59 Å². The summed E-state index contributed by atoms with van der Waals surface area (Å²) in [5.74, 6) is -0.401. The highest BCUT2D eigenvalue weighted by atomic mass is 35.5. The summed E-state index contributed by atoms with van der Waals surface area (Å²) in [7, 11) is 4.47. The van der Waals surface area contributed by atoms with Gasteiger partial charge in [-0.15, -0.1) is 0 Å². The number of halogens is 1. The molecular formula is C18H18ClN3O5. The Balaban J connectivity index is 2.04. The van der Waals surface area contributed by atoms with Crippen LogP contribution in [-0.4, -0.2) is 39.4 Å². The molecule has 0 saturated heterocycles. The van der Waals surface area contributed by atoms with Gasteiger partial charge in [0.25, 0.3) is 0 Å². The Bertz CT molecular complexity index is 870. The monoisotopic (exact) mass is 391 g/mol. The van der Waals surface area contributed by atoms with Crippen molar-refractivity contribution in [2.24, 2.45) is 5.10 Å². The van der Waals surface area contributed by atoms with Crippen LogP contribution in [0.4, 0.5) is 5.69 Å². The molecule has 0 radical (unpaired) electrons. The van der Waals surface area contributed by atoms with Gasteiger partial charge in [0, 0.05) is 10.6 Å². The van der Waals surface area contributed by atoms with E-state index in [-0.39, 0.29) is 5.69 Å². The van der Waals surface area contributed by atoms with Crippen molar-refractivity contribution in [1.82, 2.24) is 5.43 Å². The van der Waals surface area contributed by atoms with Crippen LogP contribution < -0.4 is 25.0 Å². The van der Waals surface area contributed by atoms with Crippen LogP contribution in [0.15, 0.2) is 41.5 Å². The van der Waals surface area contributed by atoms with Crippen molar-refractivity contribution in [2.75, 3.05) is 26.6 Å². The second kappa shape index (κ2) is 9.44. The van der Waals surface area contributed by atoms with Crippen LogP contribution in [0.1, 0.15) is 5.56 Å². The predicted molar refractivity (Wildman–Crippen MR) is 102 cm³/mol. The van der Waals surface area contributed by atoms with Crippen molar-refractivity contribution in [2.45, 2.75) is 0 Å². The van der Waals surface area contributed by atoms with Crippen LogP contribution in [0.2, 0.25) is 5.02 Å². The zero-order valence-corrected chi connectivity index (χ0v) is 15.7. The lowest BCUT2D eigenvalue weighted by Gasteiger charge is -2.09. The molecular weight excluding hydrogens is 374 g/mol. The van der Waals surface area contributed by atoms with Crippen molar-refractivity contribution in [3.8, 4) is 17.2 Å². The summed E-state index contributed by atoms with van der Waals surface area (Å²) in [6, 6.07) is 9.73. The number of nitrogens with one attached hydrogen (secondary N) is 2. The Morgan fingerprint density at radius 1 is 0.963 bits per heavy atom. The van der Waals surface area contributed by atoms with Crippen molar-refractivity contribution in [3.05, 3.63) is 47.0 Å². The van der Waals surface area contributed by atoms with Gasteiger partial charge in [-0.3, -0.25) is 9.59 Å². The third kappa shape index (κ3) is 5.35. The number of hydrogen-bond donors (Lipinski definition) is 2. The van der Waals surface area contributed by atoms with Gasteiger partial charge >= 0.3 is 11.8 Å². The average molecular weight is 392 g/mol. The number of carbonyl (C=O) groups excluding carboxylic acids is 2. The molecule has 2 N–H and O–H groups in total. The first-order chi connectivity index (χ1) is 13.0. The van der Waals surface area contributed by atoms with E-state index >= 15 is 0 Å². The van der Waals surface area contributed by atoms with Gasteiger partial charge in [-0.05, 0) is 36.4 Å². The van der Waals surface area contributed by atoms with E-state index in [1.54, 1.807) is 30.3 Å². The summed E-state index contributed by atoms with van der Waals surface area (Å²) in [5, 5.41) is 6.57. The lowest BCUT2D eigenvalue weighted by Crippen LogP contribution is -2.32. The predicted octanol–water partition coefficient (Wildman–Crippen LogP) is 2.45. The van der Waals surface area contributed by atoms with Gasteiger partial charge in [-0.25, -0.2) is 5.43 Å². The molecule has 0 saturated carbocycles. The van der Waals surface area contributed by atoms with Crippen molar-refractivity contribution in [3.63, 3.8) is 0 Å². The highest BCUT2D eigenvalue weighted by Crippen LogP contribution is 2.27. The van der Waals surface area contributed by atoms with E-state index in [4.69, 9.17) is 25.8 Å². The number of carbonyl (C=O) groups is 2. The van der Waals surface area contributed by atoms with Crippen molar-refractivity contribution in [1.29, 1.82) is 0 Å². The maximum atomic E-state index is 12.0. The number of hydrazone groups is 1. The number of anilines is 1. The molecule has 2 aromatic rings. The number of rotatable bonds is 6. The van der Waals surface area contributed by atoms with Gasteiger partial charge < -0.3 is 19.5 Å². The largest absolute Gasteiger partial charge is 0.497 e. The Morgan fingerprint density at radius 3 is 2.33 bits per heavy atom. The fourth-order valence-corrected chi connectivity index (χ4v) is 2.28. The standard InChI is InChI=1S/C18H18ClN3O5/c1-25-13-5-7-15(26-2)11(8-13)10-20-22-18(24)17(23)21-14-9-12(19)4-6-16(14)27-3/h4-10H,1-3H3,(H,21,23)(H,22,24)/b20-10-. The molecule has 0 aromatic heterocycles. The molecule has 27 heavy (non-hydrogen) atoms. The molecule has 9 heteroatoms. The molecule has 0 bridgehead atoms. The van der Waals surface area contributed by atoms with Crippen LogP contribution in [0.25, 0.3) is 0 Å². The number of hydrogen-bond acceptors (Lipinski definition) is 6. The van der Waals surface area contributed by atoms with E-state index < -0.39 is 11.8 Å². The Kier molecular flexibility index (Phi) is 7.01. The normalized spacial score (nSPS) is 10.4. The maximum absolute atomic E-state index is 12.0. The van der Waals surface area contributed by atoms with E-state index in [1.165, 1.54) is 33.6 Å². The number of ether oxygens (including phenoxy) is 3. The van der Waals surface area contributed by atoms with Gasteiger partial charge in [0.15, 0.2) is 0 Å². The number of benzene rings is 2. The Labute approximate surface area is 161 Å². The molecule has 2 amide bonds. The Hall–Kier alpha value is -3.26. The number of amides is 2. The first-order valence-electron chi connectivity index (χ1n) is 7.68. The van der Waals surface area contributed by atoms with Crippen LogP contribution in [0, 0.1) is 0 Å². The van der Waals surface area contributed by atoms with Gasteiger partial charge in [-0.2, -0.15) is 5.10 Å². The van der Waals surface area contributed by atoms with Gasteiger partial charge in [0.1, 0.15) is 17.2 Å². The van der Waals surface area contributed by atoms with Crippen molar-refractivity contribution < 1.29 is 23.8 Å². The summed E-state index contributed by atoms with van der Waals surface area (Å²) >= 11 is 5.89. The molecule has 142 valence electrons. The van der Waals surface area contributed by atoms with Gasteiger partial charge in [0.2, 0.25) is 0 Å². The zero-order chi connectivity index (χ0) is 19.8. The minimum absolute atomic E-state index is 0.267. The molecule has 2 aromatic carbocycles. The highest BCUT2D eigenvalue weighted by Gasteiger charge is 2.15. The van der Waals surface area contributed by atoms with Crippen LogP contribution in [0.5, 0.6) is 17.2 Å². The first kappa shape index (κ1) is 20.1. The summed E-state index contributed by atoms with van der Waals surface area (Å²) in [4.78, 5) is 24.0. The molecule has 0 spiro atoms. The second-order valence-corrected chi connectivity index (χ2v) is 5.54. The first-order valence-corrected chi connectivity index (χ1v) is 8.06. The van der Waals surface area contributed by atoms with Crippen LogP contribution >= 0.6 is 11.6 Å². The van der Waals surface area contributed by atoms with Gasteiger partial charge in [-0.1, -0.05) is 11.6 Å². The topological polar surface area (TPSA) is 98.3 Å². The van der Waals surface area contributed by atoms with Gasteiger partial charge in [0.05, 0.1) is 33.2 Å². The van der Waals surface area contributed by atoms with E-state index in [1.807, 2.05) is 0 Å². The third-order valence-electron chi connectivity index (χ3n) is 3.42.